The number of rotatable bonds is 3. The standard InChI is InChI=1S/C26H25N3O2S2/c1-15-13-18(14-19(22(15)30)24-28-20-7-5-6-8-21(20)33-24)27-25(32)29-23(31)16-9-11-17(12-10-16)26(2,3)4/h5-14,30H,1-4H3,(H2,27,29,31,32). The normalized spacial score (nSPS) is 11.4. The van der Waals surface area contributed by atoms with E-state index in [0.717, 1.165) is 15.8 Å². The highest BCUT2D eigenvalue weighted by atomic mass is 32.1. The van der Waals surface area contributed by atoms with Crippen LogP contribution in [0.5, 0.6) is 5.75 Å². The van der Waals surface area contributed by atoms with Crippen LogP contribution in [0, 0.1) is 6.92 Å². The van der Waals surface area contributed by atoms with Crippen molar-refractivity contribution in [2.24, 2.45) is 0 Å². The number of fused-ring (bicyclic) bond motifs is 1. The molecule has 1 amide bonds. The topological polar surface area (TPSA) is 74.2 Å². The number of phenolic OH excluding ortho intramolecular Hbond substituents is 1. The van der Waals surface area contributed by atoms with Crippen molar-refractivity contribution in [1.29, 1.82) is 0 Å². The molecule has 4 rings (SSSR count). The number of amides is 1. The third kappa shape index (κ3) is 5.05. The van der Waals surface area contributed by atoms with Crippen LogP contribution < -0.4 is 10.6 Å². The second-order valence-electron chi connectivity index (χ2n) is 8.91. The van der Waals surface area contributed by atoms with Gasteiger partial charge in [-0.25, -0.2) is 4.98 Å². The quantitative estimate of drug-likeness (QED) is 0.236. The van der Waals surface area contributed by atoms with Crippen LogP contribution in [-0.4, -0.2) is 21.1 Å². The van der Waals surface area contributed by atoms with Crippen molar-refractivity contribution in [2.45, 2.75) is 33.1 Å². The number of thiazole rings is 1. The fraction of sp³-hybridized carbons (Fsp3) is 0.192. The molecule has 1 heterocycles. The van der Waals surface area contributed by atoms with Gasteiger partial charge in [0, 0.05) is 11.3 Å². The molecule has 0 atom stereocenters. The molecule has 0 aliphatic rings. The lowest BCUT2D eigenvalue weighted by Gasteiger charge is -2.19. The van der Waals surface area contributed by atoms with Gasteiger partial charge < -0.3 is 10.4 Å². The van der Waals surface area contributed by atoms with E-state index in [1.165, 1.54) is 11.3 Å². The SMILES string of the molecule is Cc1cc(NC(=S)NC(=O)c2ccc(C(C)(C)C)cc2)cc(-c2nc3ccccc3s2)c1O. The van der Waals surface area contributed by atoms with Crippen molar-refractivity contribution in [2.75, 3.05) is 5.32 Å². The molecule has 0 saturated heterocycles. The first-order valence-electron chi connectivity index (χ1n) is 10.5. The average molecular weight is 476 g/mol. The maximum absolute atomic E-state index is 12.6. The number of benzene rings is 3. The molecule has 0 aliphatic heterocycles. The maximum Gasteiger partial charge on any atom is 0.257 e. The van der Waals surface area contributed by atoms with Gasteiger partial charge in [-0.05, 0) is 72.1 Å². The minimum atomic E-state index is -0.283. The van der Waals surface area contributed by atoms with E-state index in [2.05, 4.69) is 36.4 Å². The molecule has 33 heavy (non-hydrogen) atoms. The molecule has 0 unspecified atom stereocenters. The number of thiocarbonyl (C=S) groups is 1. The summed E-state index contributed by atoms with van der Waals surface area (Å²) in [5, 5.41) is 17.3. The zero-order valence-corrected chi connectivity index (χ0v) is 20.5. The molecule has 0 spiro atoms. The summed E-state index contributed by atoms with van der Waals surface area (Å²) in [5.74, 6) is -0.108. The summed E-state index contributed by atoms with van der Waals surface area (Å²) >= 11 is 6.88. The van der Waals surface area contributed by atoms with E-state index >= 15 is 0 Å². The smallest absolute Gasteiger partial charge is 0.257 e. The summed E-state index contributed by atoms with van der Waals surface area (Å²) in [5.41, 5.74) is 4.54. The van der Waals surface area contributed by atoms with Crippen molar-refractivity contribution < 1.29 is 9.90 Å². The Morgan fingerprint density at radius 3 is 2.42 bits per heavy atom. The van der Waals surface area contributed by atoms with Crippen molar-refractivity contribution in [1.82, 2.24) is 10.3 Å². The Hall–Kier alpha value is -3.29. The second-order valence-corrected chi connectivity index (χ2v) is 10.4. The lowest BCUT2D eigenvalue weighted by atomic mass is 9.87. The van der Waals surface area contributed by atoms with Gasteiger partial charge in [0.2, 0.25) is 0 Å². The molecular formula is C26H25N3O2S2. The first kappa shape index (κ1) is 22.9. The minimum absolute atomic E-state index is 0.0174. The minimum Gasteiger partial charge on any atom is -0.507 e. The van der Waals surface area contributed by atoms with Gasteiger partial charge in [0.25, 0.3) is 5.91 Å². The van der Waals surface area contributed by atoms with Gasteiger partial charge in [-0.3, -0.25) is 10.1 Å². The lowest BCUT2D eigenvalue weighted by molar-refractivity contribution is 0.0977. The summed E-state index contributed by atoms with van der Waals surface area (Å²) < 4.78 is 1.04. The number of nitrogens with zero attached hydrogens (tertiary/aromatic N) is 1. The monoisotopic (exact) mass is 475 g/mol. The molecule has 0 saturated carbocycles. The van der Waals surface area contributed by atoms with Gasteiger partial charge >= 0.3 is 0 Å². The van der Waals surface area contributed by atoms with Gasteiger partial charge in [0.1, 0.15) is 10.8 Å². The van der Waals surface area contributed by atoms with Gasteiger partial charge in [-0.15, -0.1) is 11.3 Å². The summed E-state index contributed by atoms with van der Waals surface area (Å²) in [6.45, 7) is 8.20. The van der Waals surface area contributed by atoms with Crippen LogP contribution in [0.2, 0.25) is 0 Å². The van der Waals surface area contributed by atoms with Gasteiger partial charge in [-0.2, -0.15) is 0 Å². The van der Waals surface area contributed by atoms with Crippen LogP contribution in [0.1, 0.15) is 42.3 Å². The number of hydrogen-bond donors (Lipinski definition) is 3. The van der Waals surface area contributed by atoms with Crippen molar-refractivity contribution in [3.8, 4) is 16.3 Å². The summed E-state index contributed by atoms with van der Waals surface area (Å²) in [7, 11) is 0. The van der Waals surface area contributed by atoms with Crippen LogP contribution >= 0.6 is 23.6 Å². The molecule has 168 valence electrons. The number of phenols is 1. The number of carbonyl (C=O) groups excluding carboxylic acids is 1. The van der Waals surface area contributed by atoms with Crippen molar-refractivity contribution in [3.63, 3.8) is 0 Å². The molecule has 0 bridgehead atoms. The van der Waals surface area contributed by atoms with Crippen LogP contribution in [0.15, 0.2) is 60.7 Å². The van der Waals surface area contributed by atoms with Crippen molar-refractivity contribution >= 4 is 50.5 Å². The zero-order valence-electron chi connectivity index (χ0n) is 18.9. The number of aromatic nitrogens is 1. The zero-order chi connectivity index (χ0) is 23.8. The van der Waals surface area contributed by atoms with E-state index in [0.29, 0.717) is 27.4 Å². The predicted molar refractivity (Wildman–Crippen MR) is 140 cm³/mol. The maximum atomic E-state index is 12.6. The molecule has 7 heteroatoms. The second kappa shape index (κ2) is 8.92. The lowest BCUT2D eigenvalue weighted by Crippen LogP contribution is -2.34. The van der Waals surface area contributed by atoms with E-state index in [1.807, 2.05) is 43.3 Å². The molecule has 3 N–H and O–H groups in total. The Kier molecular flexibility index (Phi) is 6.19. The molecule has 0 aliphatic carbocycles. The molecule has 3 aromatic carbocycles. The number of anilines is 1. The van der Waals surface area contributed by atoms with Gasteiger partial charge in [0.15, 0.2) is 5.11 Å². The molecule has 5 nitrogen and oxygen atoms in total. The Morgan fingerprint density at radius 2 is 1.76 bits per heavy atom. The summed E-state index contributed by atoms with van der Waals surface area (Å²) in [6.07, 6.45) is 0. The molecule has 0 fully saturated rings. The van der Waals surface area contributed by atoms with Crippen LogP contribution in [0.4, 0.5) is 5.69 Å². The van der Waals surface area contributed by atoms with E-state index in [1.54, 1.807) is 24.3 Å². The Bertz CT molecular complexity index is 1320. The number of aromatic hydroxyl groups is 1. The summed E-state index contributed by atoms with van der Waals surface area (Å²) in [4.78, 5) is 17.3. The van der Waals surface area contributed by atoms with E-state index < -0.39 is 0 Å². The van der Waals surface area contributed by atoms with Gasteiger partial charge in [-0.1, -0.05) is 45.0 Å². The summed E-state index contributed by atoms with van der Waals surface area (Å²) in [6, 6.07) is 18.9. The fourth-order valence-electron chi connectivity index (χ4n) is 3.46. The first-order chi connectivity index (χ1) is 15.6. The highest BCUT2D eigenvalue weighted by Crippen LogP contribution is 2.38. The molecular weight excluding hydrogens is 450 g/mol. The fourth-order valence-corrected chi connectivity index (χ4v) is 4.65. The molecule has 1 aromatic heterocycles. The predicted octanol–water partition coefficient (Wildman–Crippen LogP) is 6.40. The van der Waals surface area contributed by atoms with Gasteiger partial charge in [0.05, 0.1) is 15.8 Å². The number of aryl methyl sites for hydroxylation is 1. The number of para-hydroxylation sites is 1. The van der Waals surface area contributed by atoms with E-state index in [4.69, 9.17) is 12.2 Å². The van der Waals surface area contributed by atoms with Crippen molar-refractivity contribution in [3.05, 3.63) is 77.4 Å². The third-order valence-electron chi connectivity index (χ3n) is 5.32. The Morgan fingerprint density at radius 1 is 1.06 bits per heavy atom. The Labute approximate surface area is 202 Å². The highest BCUT2D eigenvalue weighted by molar-refractivity contribution is 7.80. The van der Waals surface area contributed by atoms with E-state index in [9.17, 15) is 9.90 Å². The average Bonchev–Trinajstić information content (AvgIpc) is 3.19. The number of nitrogens with one attached hydrogen (secondary N) is 2. The van der Waals surface area contributed by atoms with Crippen LogP contribution in [-0.2, 0) is 5.41 Å². The van der Waals surface area contributed by atoms with E-state index in [-0.39, 0.29) is 22.2 Å². The highest BCUT2D eigenvalue weighted by Gasteiger charge is 2.16. The third-order valence-corrected chi connectivity index (χ3v) is 6.60. The largest absolute Gasteiger partial charge is 0.507 e. The Balaban J connectivity index is 1.51. The van der Waals surface area contributed by atoms with Crippen LogP contribution in [0.25, 0.3) is 20.8 Å². The van der Waals surface area contributed by atoms with Crippen LogP contribution in [0.3, 0.4) is 0 Å². The first-order valence-corrected chi connectivity index (χ1v) is 11.8. The number of carbonyl (C=O) groups is 1. The molecule has 0 radical (unpaired) electrons. The molecule has 4 aromatic rings. The number of hydrogen-bond acceptors (Lipinski definition) is 5.